The van der Waals surface area contributed by atoms with Gasteiger partial charge in [0.15, 0.2) is 0 Å². The average Bonchev–Trinajstić information content (AvgIpc) is 2.46. The largest absolute Gasteiger partial charge is 0.320 e. The zero-order valence-corrected chi connectivity index (χ0v) is 11.9. The Bertz CT molecular complexity index is 641. The van der Waals surface area contributed by atoms with E-state index in [1.165, 1.54) is 16.4 Å². The number of nitrogens with zero attached hydrogens (tertiary/aromatic N) is 1. The van der Waals surface area contributed by atoms with Gasteiger partial charge in [-0.05, 0) is 31.0 Å². The molecule has 0 atom stereocenters. The number of halogens is 1. The lowest BCUT2D eigenvalue weighted by molar-refractivity contribution is 0.345. The third-order valence-electron chi connectivity index (χ3n) is 3.20. The first-order valence-corrected chi connectivity index (χ1v) is 7.98. The first-order chi connectivity index (χ1) is 9.55. The molecule has 1 heterocycles. The molecule has 1 aromatic carbocycles. The van der Waals surface area contributed by atoms with Gasteiger partial charge in [-0.1, -0.05) is 18.3 Å². The Labute approximate surface area is 118 Å². The van der Waals surface area contributed by atoms with E-state index in [2.05, 4.69) is 11.8 Å². The monoisotopic (exact) mass is 296 g/mol. The molecule has 1 aromatic rings. The number of nitrogens with two attached hydrogens (primary N) is 1. The average molecular weight is 296 g/mol. The Balaban J connectivity index is 2.32. The Kier molecular flexibility index (Phi) is 4.76. The molecular weight excluding hydrogens is 279 g/mol. The third-order valence-corrected chi connectivity index (χ3v) is 5.13. The maximum atomic E-state index is 14.0. The van der Waals surface area contributed by atoms with Crippen LogP contribution in [-0.2, 0) is 10.0 Å². The summed E-state index contributed by atoms with van der Waals surface area (Å²) in [6.07, 6.45) is 2.66. The van der Waals surface area contributed by atoms with E-state index in [0.717, 1.165) is 25.3 Å². The van der Waals surface area contributed by atoms with Crippen molar-refractivity contribution in [3.05, 3.63) is 29.6 Å². The Morgan fingerprint density at radius 3 is 2.55 bits per heavy atom. The van der Waals surface area contributed by atoms with Gasteiger partial charge >= 0.3 is 0 Å². The predicted molar refractivity (Wildman–Crippen MR) is 74.9 cm³/mol. The molecular formula is C14H17FN2O2S. The van der Waals surface area contributed by atoms with Gasteiger partial charge in [-0.15, -0.1) is 0 Å². The van der Waals surface area contributed by atoms with E-state index in [0.29, 0.717) is 18.7 Å². The van der Waals surface area contributed by atoms with E-state index in [1.807, 2.05) is 0 Å². The summed E-state index contributed by atoms with van der Waals surface area (Å²) < 4.78 is 40.1. The zero-order chi connectivity index (χ0) is 14.6. The molecule has 0 aromatic heterocycles. The Hall–Kier alpha value is -1.42. The van der Waals surface area contributed by atoms with Gasteiger partial charge in [0, 0.05) is 18.7 Å². The van der Waals surface area contributed by atoms with Crippen LogP contribution in [0.1, 0.15) is 24.8 Å². The summed E-state index contributed by atoms with van der Waals surface area (Å²) in [5.74, 6) is 4.52. The van der Waals surface area contributed by atoms with Crippen LogP contribution in [0.2, 0.25) is 0 Å². The van der Waals surface area contributed by atoms with Crippen LogP contribution in [0.5, 0.6) is 0 Å². The molecule has 2 N–H and O–H groups in total. The van der Waals surface area contributed by atoms with Crippen molar-refractivity contribution in [1.82, 2.24) is 4.31 Å². The van der Waals surface area contributed by atoms with Gasteiger partial charge in [0.05, 0.1) is 6.54 Å². The summed E-state index contributed by atoms with van der Waals surface area (Å²) in [6, 6.07) is 3.92. The number of rotatable bonds is 2. The second-order valence-electron chi connectivity index (χ2n) is 4.62. The van der Waals surface area contributed by atoms with E-state index in [4.69, 9.17) is 5.73 Å². The molecule has 0 bridgehead atoms. The summed E-state index contributed by atoms with van der Waals surface area (Å²) in [7, 11) is -3.74. The van der Waals surface area contributed by atoms with Gasteiger partial charge in [-0.25, -0.2) is 12.8 Å². The van der Waals surface area contributed by atoms with E-state index in [-0.39, 0.29) is 11.4 Å². The SMILES string of the molecule is NCC#Cc1ccc(S(=O)(=O)N2CCCCC2)c(F)c1. The first kappa shape index (κ1) is 15.0. The van der Waals surface area contributed by atoms with E-state index < -0.39 is 15.8 Å². The van der Waals surface area contributed by atoms with Crippen molar-refractivity contribution in [3.8, 4) is 11.8 Å². The smallest absolute Gasteiger partial charge is 0.245 e. The highest BCUT2D eigenvalue weighted by atomic mass is 32.2. The minimum Gasteiger partial charge on any atom is -0.320 e. The van der Waals surface area contributed by atoms with Crippen molar-refractivity contribution >= 4 is 10.0 Å². The lowest BCUT2D eigenvalue weighted by atomic mass is 10.2. The third kappa shape index (κ3) is 3.18. The van der Waals surface area contributed by atoms with Crippen molar-refractivity contribution in [2.24, 2.45) is 5.73 Å². The second-order valence-corrected chi connectivity index (χ2v) is 6.52. The van der Waals surface area contributed by atoms with E-state index in [9.17, 15) is 12.8 Å². The molecule has 20 heavy (non-hydrogen) atoms. The van der Waals surface area contributed by atoms with Crippen LogP contribution in [0.3, 0.4) is 0 Å². The second kappa shape index (κ2) is 6.35. The highest BCUT2D eigenvalue weighted by Gasteiger charge is 2.28. The van der Waals surface area contributed by atoms with Crippen molar-refractivity contribution < 1.29 is 12.8 Å². The van der Waals surface area contributed by atoms with Crippen LogP contribution in [0.15, 0.2) is 23.1 Å². The summed E-state index contributed by atoms with van der Waals surface area (Å²) in [5, 5.41) is 0. The van der Waals surface area contributed by atoms with Crippen molar-refractivity contribution in [2.45, 2.75) is 24.2 Å². The molecule has 0 aliphatic carbocycles. The summed E-state index contributed by atoms with van der Waals surface area (Å²) in [5.41, 5.74) is 5.66. The fourth-order valence-electron chi connectivity index (χ4n) is 2.19. The molecule has 1 aliphatic heterocycles. The normalized spacial score (nSPS) is 16.5. The van der Waals surface area contributed by atoms with Gasteiger partial charge in [0.1, 0.15) is 10.7 Å². The van der Waals surface area contributed by atoms with Crippen molar-refractivity contribution in [1.29, 1.82) is 0 Å². The number of piperidine rings is 1. The van der Waals surface area contributed by atoms with Gasteiger partial charge < -0.3 is 5.73 Å². The Morgan fingerprint density at radius 2 is 1.95 bits per heavy atom. The molecule has 2 rings (SSSR count). The van der Waals surface area contributed by atoms with Gasteiger partial charge in [0.25, 0.3) is 0 Å². The first-order valence-electron chi connectivity index (χ1n) is 6.54. The Morgan fingerprint density at radius 1 is 1.25 bits per heavy atom. The van der Waals surface area contributed by atoms with Crippen LogP contribution in [0.4, 0.5) is 4.39 Å². The highest BCUT2D eigenvalue weighted by molar-refractivity contribution is 7.89. The predicted octanol–water partition coefficient (Wildman–Crippen LogP) is 1.31. The molecule has 0 unspecified atom stereocenters. The van der Waals surface area contributed by atoms with Gasteiger partial charge in [-0.2, -0.15) is 4.31 Å². The molecule has 0 saturated carbocycles. The molecule has 1 fully saturated rings. The molecule has 1 saturated heterocycles. The van der Waals surface area contributed by atoms with Gasteiger partial charge in [0.2, 0.25) is 10.0 Å². The topological polar surface area (TPSA) is 63.4 Å². The molecule has 1 aliphatic rings. The minimum atomic E-state index is -3.74. The molecule has 0 amide bonds. The maximum Gasteiger partial charge on any atom is 0.245 e. The standard InChI is InChI=1S/C14H17FN2O2S/c15-13-11-12(5-4-8-16)6-7-14(13)20(18,19)17-9-2-1-3-10-17/h6-7,11H,1-3,8-10,16H2. The lowest BCUT2D eigenvalue weighted by Crippen LogP contribution is -2.36. The van der Waals surface area contributed by atoms with Crippen molar-refractivity contribution in [2.75, 3.05) is 19.6 Å². The van der Waals surface area contributed by atoms with Crippen LogP contribution in [0.25, 0.3) is 0 Å². The van der Waals surface area contributed by atoms with E-state index >= 15 is 0 Å². The summed E-state index contributed by atoms with van der Waals surface area (Å²) in [6.45, 7) is 1.09. The molecule has 0 radical (unpaired) electrons. The number of hydrogen-bond donors (Lipinski definition) is 1. The maximum absolute atomic E-state index is 14.0. The van der Waals surface area contributed by atoms with Crippen LogP contribution in [-0.4, -0.2) is 32.4 Å². The van der Waals surface area contributed by atoms with E-state index in [1.54, 1.807) is 0 Å². The lowest BCUT2D eigenvalue weighted by Gasteiger charge is -2.26. The highest BCUT2D eigenvalue weighted by Crippen LogP contribution is 2.23. The van der Waals surface area contributed by atoms with Crippen LogP contribution in [0, 0.1) is 17.7 Å². The van der Waals surface area contributed by atoms with Crippen molar-refractivity contribution in [3.63, 3.8) is 0 Å². The van der Waals surface area contributed by atoms with Gasteiger partial charge in [-0.3, -0.25) is 0 Å². The minimum absolute atomic E-state index is 0.176. The molecule has 4 nitrogen and oxygen atoms in total. The molecule has 0 spiro atoms. The fourth-order valence-corrected chi connectivity index (χ4v) is 3.75. The van der Waals surface area contributed by atoms with Crippen LogP contribution < -0.4 is 5.73 Å². The molecule has 108 valence electrons. The quantitative estimate of drug-likeness (QED) is 0.837. The molecule has 6 heteroatoms. The van der Waals surface area contributed by atoms with Crippen LogP contribution >= 0.6 is 0 Å². The zero-order valence-electron chi connectivity index (χ0n) is 11.1. The number of sulfonamides is 1. The number of benzene rings is 1. The fraction of sp³-hybridized carbons (Fsp3) is 0.429. The summed E-state index contributed by atoms with van der Waals surface area (Å²) >= 11 is 0. The summed E-state index contributed by atoms with van der Waals surface area (Å²) in [4.78, 5) is -0.280. The number of hydrogen-bond acceptors (Lipinski definition) is 3.